The first-order chi connectivity index (χ1) is 7.01. The standard InChI is InChI=1S/C14H20O/c1-9-4-7-14-11(9)5-6-13(14,3)8-10(2)12(14)15/h8-9,11H,4-7H2,1-3H3/t9-,11+,13+,14-/m1/s1. The van der Waals surface area contributed by atoms with Crippen LogP contribution >= 0.6 is 0 Å². The Morgan fingerprint density at radius 2 is 2.07 bits per heavy atom. The Morgan fingerprint density at radius 1 is 1.33 bits per heavy atom. The van der Waals surface area contributed by atoms with Gasteiger partial charge < -0.3 is 0 Å². The van der Waals surface area contributed by atoms with Gasteiger partial charge in [0.15, 0.2) is 5.78 Å². The molecular formula is C14H20O. The molecule has 3 rings (SSSR count). The summed E-state index contributed by atoms with van der Waals surface area (Å²) >= 11 is 0. The Labute approximate surface area is 91.9 Å². The van der Waals surface area contributed by atoms with Gasteiger partial charge in [0.05, 0.1) is 0 Å². The first-order valence-corrected chi connectivity index (χ1v) is 6.25. The summed E-state index contributed by atoms with van der Waals surface area (Å²) < 4.78 is 0. The minimum Gasteiger partial charge on any atom is -0.294 e. The number of carbonyl (C=O) groups excluding carboxylic acids is 1. The van der Waals surface area contributed by atoms with E-state index in [4.69, 9.17) is 0 Å². The van der Waals surface area contributed by atoms with Gasteiger partial charge in [0.1, 0.15) is 0 Å². The molecule has 0 aliphatic heterocycles. The van der Waals surface area contributed by atoms with Gasteiger partial charge in [-0.05, 0) is 55.4 Å². The molecule has 4 atom stereocenters. The number of hydrogen-bond acceptors (Lipinski definition) is 1. The quantitative estimate of drug-likeness (QED) is 0.591. The monoisotopic (exact) mass is 204 g/mol. The molecule has 0 N–H and O–H groups in total. The van der Waals surface area contributed by atoms with Gasteiger partial charge in [-0.25, -0.2) is 0 Å². The maximum atomic E-state index is 12.5. The molecule has 3 aliphatic carbocycles. The van der Waals surface area contributed by atoms with E-state index < -0.39 is 0 Å². The summed E-state index contributed by atoms with van der Waals surface area (Å²) in [5.41, 5.74) is 1.26. The average Bonchev–Trinajstić information content (AvgIpc) is 2.70. The third-order valence-electron chi connectivity index (χ3n) is 5.61. The molecule has 1 spiro atoms. The molecule has 0 radical (unpaired) electrons. The number of hydrogen-bond donors (Lipinski definition) is 0. The molecule has 0 aromatic rings. The van der Waals surface area contributed by atoms with Crippen molar-refractivity contribution in [2.75, 3.05) is 0 Å². The zero-order chi connectivity index (χ0) is 10.8. The van der Waals surface area contributed by atoms with Crippen LogP contribution in [0.25, 0.3) is 0 Å². The van der Waals surface area contributed by atoms with Crippen molar-refractivity contribution in [1.82, 2.24) is 0 Å². The molecule has 0 saturated heterocycles. The number of carbonyl (C=O) groups is 1. The molecule has 1 nitrogen and oxygen atoms in total. The van der Waals surface area contributed by atoms with Crippen molar-refractivity contribution in [2.45, 2.75) is 46.5 Å². The Balaban J connectivity index is 2.15. The first-order valence-electron chi connectivity index (χ1n) is 6.25. The van der Waals surface area contributed by atoms with Crippen LogP contribution in [0.3, 0.4) is 0 Å². The SMILES string of the molecule is CC1=C[C@]2(C)CC[C@H]3[C@H](C)CC[C@]32C1=O. The molecule has 0 aromatic carbocycles. The van der Waals surface area contributed by atoms with Crippen molar-refractivity contribution in [3.05, 3.63) is 11.6 Å². The molecule has 0 unspecified atom stereocenters. The molecule has 2 saturated carbocycles. The van der Waals surface area contributed by atoms with E-state index in [9.17, 15) is 4.79 Å². The Kier molecular flexibility index (Phi) is 1.64. The molecule has 82 valence electrons. The van der Waals surface area contributed by atoms with Crippen molar-refractivity contribution in [3.8, 4) is 0 Å². The number of allylic oxidation sites excluding steroid dienone is 2. The second-order valence-corrected chi connectivity index (χ2v) is 6.21. The van der Waals surface area contributed by atoms with E-state index in [-0.39, 0.29) is 10.8 Å². The van der Waals surface area contributed by atoms with Crippen LogP contribution < -0.4 is 0 Å². The van der Waals surface area contributed by atoms with E-state index in [0.717, 1.165) is 17.9 Å². The predicted molar refractivity (Wildman–Crippen MR) is 60.4 cm³/mol. The van der Waals surface area contributed by atoms with Crippen molar-refractivity contribution >= 4 is 5.78 Å². The largest absolute Gasteiger partial charge is 0.294 e. The van der Waals surface area contributed by atoms with E-state index in [2.05, 4.69) is 19.9 Å². The zero-order valence-corrected chi connectivity index (χ0v) is 9.97. The summed E-state index contributed by atoms with van der Waals surface area (Å²) in [7, 11) is 0. The molecular weight excluding hydrogens is 184 g/mol. The van der Waals surface area contributed by atoms with E-state index in [1.54, 1.807) is 0 Å². The van der Waals surface area contributed by atoms with Crippen molar-refractivity contribution in [2.24, 2.45) is 22.7 Å². The van der Waals surface area contributed by atoms with Crippen molar-refractivity contribution < 1.29 is 4.79 Å². The lowest BCUT2D eigenvalue weighted by Gasteiger charge is -2.36. The van der Waals surface area contributed by atoms with Gasteiger partial charge in [-0.2, -0.15) is 0 Å². The fraction of sp³-hybridized carbons (Fsp3) is 0.786. The van der Waals surface area contributed by atoms with Crippen LogP contribution in [-0.4, -0.2) is 5.78 Å². The third-order valence-corrected chi connectivity index (χ3v) is 5.61. The highest BCUT2D eigenvalue weighted by Crippen LogP contribution is 2.69. The average molecular weight is 204 g/mol. The molecule has 0 aromatic heterocycles. The summed E-state index contributed by atoms with van der Waals surface area (Å²) in [6.45, 7) is 6.67. The lowest BCUT2D eigenvalue weighted by molar-refractivity contribution is -0.128. The Bertz CT molecular complexity index is 368. The highest BCUT2D eigenvalue weighted by molar-refractivity contribution is 6.03. The third kappa shape index (κ3) is 0.847. The number of ketones is 1. The lowest BCUT2D eigenvalue weighted by Crippen LogP contribution is -2.39. The van der Waals surface area contributed by atoms with E-state index in [1.165, 1.54) is 19.3 Å². The van der Waals surface area contributed by atoms with Crippen LogP contribution in [0.2, 0.25) is 0 Å². The maximum absolute atomic E-state index is 12.5. The van der Waals surface area contributed by atoms with E-state index in [0.29, 0.717) is 11.7 Å². The van der Waals surface area contributed by atoms with Crippen LogP contribution in [0, 0.1) is 22.7 Å². The minimum atomic E-state index is 0.0243. The summed E-state index contributed by atoms with van der Waals surface area (Å²) in [5, 5.41) is 0. The normalized spacial score (nSPS) is 53.0. The van der Waals surface area contributed by atoms with E-state index in [1.807, 2.05) is 6.92 Å². The maximum Gasteiger partial charge on any atom is 0.165 e. The van der Waals surface area contributed by atoms with Gasteiger partial charge in [-0.1, -0.05) is 19.9 Å². The summed E-state index contributed by atoms with van der Waals surface area (Å²) in [5.74, 6) is 1.91. The fourth-order valence-corrected chi connectivity index (χ4v) is 4.88. The Morgan fingerprint density at radius 3 is 2.80 bits per heavy atom. The fourth-order valence-electron chi connectivity index (χ4n) is 4.88. The summed E-state index contributed by atoms with van der Waals surface area (Å²) in [6.07, 6.45) is 7.18. The minimum absolute atomic E-state index is 0.0243. The van der Waals surface area contributed by atoms with E-state index >= 15 is 0 Å². The molecule has 3 aliphatic rings. The van der Waals surface area contributed by atoms with Gasteiger partial charge in [0.2, 0.25) is 0 Å². The topological polar surface area (TPSA) is 17.1 Å². The highest BCUT2D eigenvalue weighted by atomic mass is 16.1. The molecule has 0 amide bonds. The van der Waals surface area contributed by atoms with Crippen molar-refractivity contribution in [1.29, 1.82) is 0 Å². The molecule has 1 heteroatoms. The summed E-state index contributed by atoms with van der Waals surface area (Å²) in [4.78, 5) is 12.5. The number of rotatable bonds is 0. The lowest BCUT2D eigenvalue weighted by atomic mass is 9.65. The van der Waals surface area contributed by atoms with Crippen LogP contribution in [0.15, 0.2) is 11.6 Å². The van der Waals surface area contributed by atoms with Gasteiger partial charge in [0, 0.05) is 5.41 Å². The second-order valence-electron chi connectivity index (χ2n) is 6.21. The Hall–Kier alpha value is -0.590. The van der Waals surface area contributed by atoms with Crippen LogP contribution in [0.4, 0.5) is 0 Å². The smallest absolute Gasteiger partial charge is 0.165 e. The van der Waals surface area contributed by atoms with Gasteiger partial charge in [-0.3, -0.25) is 4.79 Å². The molecule has 15 heavy (non-hydrogen) atoms. The van der Waals surface area contributed by atoms with Crippen LogP contribution in [0.1, 0.15) is 46.5 Å². The predicted octanol–water partition coefficient (Wildman–Crippen LogP) is 3.35. The first kappa shape index (κ1) is 9.62. The molecule has 0 heterocycles. The molecule has 0 bridgehead atoms. The van der Waals surface area contributed by atoms with Crippen LogP contribution in [0.5, 0.6) is 0 Å². The molecule has 2 fully saturated rings. The van der Waals surface area contributed by atoms with Crippen LogP contribution in [-0.2, 0) is 4.79 Å². The van der Waals surface area contributed by atoms with Gasteiger partial charge >= 0.3 is 0 Å². The number of Topliss-reactive ketones (excluding diaryl/α,β-unsaturated/α-hetero) is 1. The second kappa shape index (κ2) is 2.56. The summed E-state index contributed by atoms with van der Waals surface area (Å²) in [6, 6.07) is 0. The van der Waals surface area contributed by atoms with Crippen molar-refractivity contribution in [3.63, 3.8) is 0 Å². The zero-order valence-electron chi connectivity index (χ0n) is 9.97. The van der Waals surface area contributed by atoms with Gasteiger partial charge in [0.25, 0.3) is 0 Å². The van der Waals surface area contributed by atoms with Gasteiger partial charge in [-0.15, -0.1) is 0 Å². The highest BCUT2D eigenvalue weighted by Gasteiger charge is 2.66.